The minimum atomic E-state index is -0.525. The van der Waals surface area contributed by atoms with Gasteiger partial charge in [0.15, 0.2) is 0 Å². The Balaban J connectivity index is 1.48. The predicted octanol–water partition coefficient (Wildman–Crippen LogP) is 6.66. The van der Waals surface area contributed by atoms with E-state index in [-0.39, 0.29) is 11.4 Å². The minimum absolute atomic E-state index is 0.216. The molecule has 0 bridgehead atoms. The van der Waals surface area contributed by atoms with Crippen molar-refractivity contribution >= 4 is 68.1 Å². The number of imide groups is 1. The number of halogens is 2. The van der Waals surface area contributed by atoms with E-state index in [1.54, 1.807) is 36.4 Å². The second-order valence-electron chi connectivity index (χ2n) is 7.78. The van der Waals surface area contributed by atoms with Crippen LogP contribution in [-0.4, -0.2) is 28.5 Å². The first-order valence-corrected chi connectivity index (χ1v) is 12.6. The van der Waals surface area contributed by atoms with Crippen molar-refractivity contribution in [1.29, 1.82) is 0 Å². The lowest BCUT2D eigenvalue weighted by Crippen LogP contribution is -2.36. The molecule has 1 fully saturated rings. The average Bonchev–Trinajstić information content (AvgIpc) is 3.07. The molecule has 35 heavy (non-hydrogen) atoms. The molecular weight excluding hydrogens is 552 g/mol. The summed E-state index contributed by atoms with van der Waals surface area (Å²) in [6.07, 6.45) is 1.60. The van der Waals surface area contributed by atoms with Crippen LogP contribution in [0, 0.1) is 6.92 Å². The van der Waals surface area contributed by atoms with Crippen LogP contribution in [0.5, 0.6) is 5.75 Å². The number of anilines is 1. The van der Waals surface area contributed by atoms with Crippen molar-refractivity contribution in [3.8, 4) is 5.75 Å². The summed E-state index contributed by atoms with van der Waals surface area (Å²) in [6, 6.07) is 20.0. The largest absolute Gasteiger partial charge is 0.488 e. The van der Waals surface area contributed by atoms with Crippen LogP contribution in [0.3, 0.4) is 0 Å². The van der Waals surface area contributed by atoms with Crippen molar-refractivity contribution in [3.63, 3.8) is 0 Å². The van der Waals surface area contributed by atoms with Gasteiger partial charge in [0, 0.05) is 20.7 Å². The van der Waals surface area contributed by atoms with E-state index in [9.17, 15) is 14.4 Å². The monoisotopic (exact) mass is 570 g/mol. The van der Waals surface area contributed by atoms with Gasteiger partial charge in [-0.15, -0.1) is 0 Å². The lowest BCUT2D eigenvalue weighted by molar-refractivity contribution is -0.127. The van der Waals surface area contributed by atoms with E-state index in [0.29, 0.717) is 28.6 Å². The fraction of sp³-hybridized carbons (Fsp3) is 0.115. The molecule has 0 atom stereocenters. The van der Waals surface area contributed by atoms with Gasteiger partial charge in [-0.25, -0.2) is 0 Å². The molecule has 0 saturated carbocycles. The van der Waals surface area contributed by atoms with Gasteiger partial charge in [-0.1, -0.05) is 51.8 Å². The highest BCUT2D eigenvalue weighted by molar-refractivity contribution is 9.10. The van der Waals surface area contributed by atoms with Crippen molar-refractivity contribution in [1.82, 2.24) is 4.90 Å². The van der Waals surface area contributed by atoms with Gasteiger partial charge in [0.1, 0.15) is 18.9 Å². The third kappa shape index (κ3) is 6.54. The summed E-state index contributed by atoms with van der Waals surface area (Å²) in [5.41, 5.74) is 3.15. The van der Waals surface area contributed by atoms with Crippen molar-refractivity contribution in [2.24, 2.45) is 0 Å². The van der Waals surface area contributed by atoms with E-state index in [1.165, 1.54) is 0 Å². The Kier molecular flexibility index (Phi) is 7.95. The van der Waals surface area contributed by atoms with Crippen LogP contribution < -0.4 is 10.1 Å². The van der Waals surface area contributed by atoms with E-state index in [1.807, 2.05) is 43.3 Å². The van der Waals surface area contributed by atoms with Gasteiger partial charge in [-0.05, 0) is 78.4 Å². The zero-order valence-corrected chi connectivity index (χ0v) is 21.7. The highest BCUT2D eigenvalue weighted by Crippen LogP contribution is 2.35. The third-order valence-electron chi connectivity index (χ3n) is 5.04. The lowest BCUT2D eigenvalue weighted by atomic mass is 10.1. The number of nitrogens with one attached hydrogen (secondary N) is 1. The molecule has 0 aliphatic carbocycles. The second kappa shape index (κ2) is 11.1. The van der Waals surface area contributed by atoms with Crippen LogP contribution >= 0.6 is 39.3 Å². The van der Waals surface area contributed by atoms with Crippen LogP contribution in [-0.2, 0) is 16.2 Å². The SMILES string of the molecule is Cc1cccc(NC(=O)CN2C(=O)S/C(=C\c3cc(Br)ccc3OCc3ccc(Cl)cc3)C2=O)c1. The lowest BCUT2D eigenvalue weighted by Gasteiger charge is -2.13. The molecule has 0 unspecified atom stereocenters. The molecule has 0 radical (unpaired) electrons. The molecule has 1 saturated heterocycles. The number of hydrogen-bond acceptors (Lipinski definition) is 5. The molecule has 1 aliphatic rings. The number of nitrogens with zero attached hydrogens (tertiary/aromatic N) is 1. The molecule has 3 amide bonds. The van der Waals surface area contributed by atoms with Crippen molar-refractivity contribution in [3.05, 3.63) is 97.8 Å². The van der Waals surface area contributed by atoms with Gasteiger partial charge in [0.05, 0.1) is 4.91 Å². The van der Waals surface area contributed by atoms with Gasteiger partial charge in [-0.2, -0.15) is 0 Å². The Morgan fingerprint density at radius 2 is 1.89 bits per heavy atom. The minimum Gasteiger partial charge on any atom is -0.488 e. The first-order valence-electron chi connectivity index (χ1n) is 10.6. The maximum Gasteiger partial charge on any atom is 0.294 e. The van der Waals surface area contributed by atoms with Gasteiger partial charge in [0.25, 0.3) is 11.1 Å². The van der Waals surface area contributed by atoms with E-state index < -0.39 is 17.1 Å². The van der Waals surface area contributed by atoms with Crippen molar-refractivity contribution < 1.29 is 19.1 Å². The number of ether oxygens (including phenoxy) is 1. The topological polar surface area (TPSA) is 75.7 Å². The smallest absolute Gasteiger partial charge is 0.294 e. The normalized spacial score (nSPS) is 14.5. The first kappa shape index (κ1) is 25.0. The number of thioether (sulfide) groups is 1. The molecule has 6 nitrogen and oxygen atoms in total. The summed E-state index contributed by atoms with van der Waals surface area (Å²) in [5.74, 6) is -0.427. The highest BCUT2D eigenvalue weighted by atomic mass is 79.9. The third-order valence-corrected chi connectivity index (χ3v) is 6.70. The highest BCUT2D eigenvalue weighted by Gasteiger charge is 2.36. The predicted molar refractivity (Wildman–Crippen MR) is 142 cm³/mol. The average molecular weight is 572 g/mol. The Morgan fingerprint density at radius 1 is 1.11 bits per heavy atom. The number of hydrogen-bond donors (Lipinski definition) is 1. The Hall–Kier alpha value is -3.07. The Morgan fingerprint density at radius 3 is 2.63 bits per heavy atom. The molecule has 1 aliphatic heterocycles. The number of benzene rings is 3. The van der Waals surface area contributed by atoms with Gasteiger partial charge in [-0.3, -0.25) is 19.3 Å². The second-order valence-corrected chi connectivity index (χ2v) is 10.1. The Labute approximate surface area is 220 Å². The molecule has 4 rings (SSSR count). The first-order chi connectivity index (χ1) is 16.8. The summed E-state index contributed by atoms with van der Waals surface area (Å²) < 4.78 is 6.76. The number of aryl methyl sites for hydroxylation is 1. The molecule has 3 aromatic carbocycles. The summed E-state index contributed by atoms with van der Waals surface area (Å²) in [7, 11) is 0. The summed E-state index contributed by atoms with van der Waals surface area (Å²) >= 11 is 10.2. The molecular formula is C26H20BrClN2O4S. The molecule has 3 aromatic rings. The molecule has 1 heterocycles. The molecule has 0 aromatic heterocycles. The fourth-order valence-corrected chi connectivity index (χ4v) is 4.68. The van der Waals surface area contributed by atoms with Crippen LogP contribution in [0.1, 0.15) is 16.7 Å². The van der Waals surface area contributed by atoms with Gasteiger partial charge < -0.3 is 10.1 Å². The Bertz CT molecular complexity index is 1330. The van der Waals surface area contributed by atoms with Crippen LogP contribution in [0.25, 0.3) is 6.08 Å². The quantitative estimate of drug-likeness (QED) is 0.321. The van der Waals surface area contributed by atoms with Gasteiger partial charge >= 0.3 is 0 Å². The van der Waals surface area contributed by atoms with Crippen molar-refractivity contribution in [2.45, 2.75) is 13.5 Å². The maximum atomic E-state index is 12.9. The van der Waals surface area contributed by atoms with E-state index >= 15 is 0 Å². The molecule has 178 valence electrons. The van der Waals surface area contributed by atoms with Crippen LogP contribution in [0.4, 0.5) is 10.5 Å². The maximum absolute atomic E-state index is 12.9. The summed E-state index contributed by atoms with van der Waals surface area (Å²) in [4.78, 5) is 39.1. The molecule has 9 heteroatoms. The molecule has 1 N–H and O–H groups in total. The van der Waals surface area contributed by atoms with E-state index in [0.717, 1.165) is 32.3 Å². The number of rotatable bonds is 7. The zero-order valence-electron chi connectivity index (χ0n) is 18.6. The van der Waals surface area contributed by atoms with Crippen LogP contribution in [0.2, 0.25) is 5.02 Å². The van der Waals surface area contributed by atoms with E-state index in [4.69, 9.17) is 16.3 Å². The fourth-order valence-electron chi connectivity index (χ4n) is 3.35. The molecule has 0 spiro atoms. The summed E-state index contributed by atoms with van der Waals surface area (Å²) in [5, 5.41) is 2.86. The van der Waals surface area contributed by atoms with E-state index in [2.05, 4.69) is 21.2 Å². The number of amides is 3. The van der Waals surface area contributed by atoms with Gasteiger partial charge in [0.2, 0.25) is 5.91 Å². The van der Waals surface area contributed by atoms with Crippen LogP contribution in [0.15, 0.2) is 76.1 Å². The number of carbonyl (C=O) groups is 3. The standard InChI is InChI=1S/C26H20BrClN2O4S/c1-16-3-2-4-21(11-16)29-24(31)14-30-25(32)23(35-26(30)33)13-18-12-19(27)7-10-22(18)34-15-17-5-8-20(28)9-6-17/h2-13H,14-15H2,1H3,(H,29,31)/b23-13-. The van der Waals surface area contributed by atoms with Crippen molar-refractivity contribution in [2.75, 3.05) is 11.9 Å². The number of carbonyl (C=O) groups excluding carboxylic acids is 3. The zero-order chi connectivity index (χ0) is 24.9. The summed E-state index contributed by atoms with van der Waals surface area (Å²) in [6.45, 7) is 1.85.